The number of hydrogen-bond donors (Lipinski definition) is 2. The third-order valence-electron chi connectivity index (χ3n) is 3.24. The fourth-order valence-corrected chi connectivity index (χ4v) is 2.10. The van der Waals surface area contributed by atoms with E-state index in [2.05, 4.69) is 12.2 Å². The summed E-state index contributed by atoms with van der Waals surface area (Å²) in [5, 5.41) is 2.94. The zero-order valence-corrected chi connectivity index (χ0v) is 13.0. The number of carbonyl (C=O) groups excluding carboxylic acids is 1. The van der Waals surface area contributed by atoms with Crippen LogP contribution in [-0.2, 0) is 11.3 Å². The van der Waals surface area contributed by atoms with Crippen molar-refractivity contribution in [3.63, 3.8) is 0 Å². The van der Waals surface area contributed by atoms with Crippen molar-refractivity contribution in [2.75, 3.05) is 0 Å². The van der Waals surface area contributed by atoms with Crippen LogP contribution in [0.25, 0.3) is 0 Å². The van der Waals surface area contributed by atoms with Gasteiger partial charge in [-0.2, -0.15) is 0 Å². The maximum absolute atomic E-state index is 11.7. The Kier molecular flexibility index (Phi) is 7.88. The van der Waals surface area contributed by atoms with Gasteiger partial charge in [-0.15, -0.1) is 0 Å². The number of thiocarbonyl (C=S) groups is 1. The van der Waals surface area contributed by atoms with E-state index in [0.29, 0.717) is 18.0 Å². The summed E-state index contributed by atoms with van der Waals surface area (Å²) >= 11 is 4.90. The van der Waals surface area contributed by atoms with Gasteiger partial charge in [-0.3, -0.25) is 4.79 Å². The molecular weight excluding hydrogens is 268 g/mol. The van der Waals surface area contributed by atoms with Crippen molar-refractivity contribution in [2.24, 2.45) is 5.73 Å². The molecule has 0 fully saturated rings. The summed E-state index contributed by atoms with van der Waals surface area (Å²) in [6, 6.07) is 7.65. The maximum Gasteiger partial charge on any atom is 0.220 e. The summed E-state index contributed by atoms with van der Waals surface area (Å²) in [7, 11) is 0. The molecule has 0 saturated heterocycles. The van der Waals surface area contributed by atoms with E-state index in [0.717, 1.165) is 24.0 Å². The van der Waals surface area contributed by atoms with Gasteiger partial charge in [-0.25, -0.2) is 0 Å². The molecule has 1 amide bonds. The van der Waals surface area contributed by atoms with Crippen molar-refractivity contribution in [2.45, 2.75) is 52.0 Å². The minimum absolute atomic E-state index is 0.125. The van der Waals surface area contributed by atoms with Gasteiger partial charge in [0.1, 0.15) is 4.99 Å². The van der Waals surface area contributed by atoms with Gasteiger partial charge in [-0.1, -0.05) is 69.1 Å². The first-order chi connectivity index (χ1) is 9.63. The summed E-state index contributed by atoms with van der Waals surface area (Å²) in [5.41, 5.74) is 7.45. The van der Waals surface area contributed by atoms with Gasteiger partial charge in [-0.05, 0) is 12.0 Å². The Morgan fingerprint density at radius 1 is 1.15 bits per heavy atom. The monoisotopic (exact) mass is 292 g/mol. The van der Waals surface area contributed by atoms with E-state index in [4.69, 9.17) is 18.0 Å². The largest absolute Gasteiger partial charge is 0.389 e. The average molecular weight is 292 g/mol. The number of unbranched alkanes of at least 4 members (excludes halogenated alkanes) is 4. The zero-order chi connectivity index (χ0) is 14.8. The summed E-state index contributed by atoms with van der Waals surface area (Å²) < 4.78 is 0. The van der Waals surface area contributed by atoms with Crippen LogP contribution >= 0.6 is 12.2 Å². The highest BCUT2D eigenvalue weighted by Gasteiger charge is 2.02. The molecule has 0 aliphatic rings. The van der Waals surface area contributed by atoms with E-state index >= 15 is 0 Å². The van der Waals surface area contributed by atoms with Crippen molar-refractivity contribution in [3.8, 4) is 0 Å². The van der Waals surface area contributed by atoms with Crippen LogP contribution < -0.4 is 11.1 Å². The summed E-state index contributed by atoms with van der Waals surface area (Å²) in [6.45, 7) is 2.75. The topological polar surface area (TPSA) is 55.1 Å². The predicted molar refractivity (Wildman–Crippen MR) is 87.6 cm³/mol. The van der Waals surface area contributed by atoms with Crippen LogP contribution in [0.1, 0.15) is 56.6 Å². The minimum Gasteiger partial charge on any atom is -0.389 e. The van der Waals surface area contributed by atoms with E-state index in [1.54, 1.807) is 0 Å². The van der Waals surface area contributed by atoms with Crippen LogP contribution in [0.4, 0.5) is 0 Å². The second kappa shape index (κ2) is 9.48. The lowest BCUT2D eigenvalue weighted by Gasteiger charge is -2.06. The Balaban J connectivity index is 2.22. The first-order valence-electron chi connectivity index (χ1n) is 7.29. The molecule has 3 N–H and O–H groups in total. The van der Waals surface area contributed by atoms with E-state index < -0.39 is 0 Å². The highest BCUT2D eigenvalue weighted by molar-refractivity contribution is 7.80. The lowest BCUT2D eigenvalue weighted by molar-refractivity contribution is -0.121. The molecule has 1 aromatic rings. The van der Waals surface area contributed by atoms with Gasteiger partial charge in [0.25, 0.3) is 0 Å². The summed E-state index contributed by atoms with van der Waals surface area (Å²) in [4.78, 5) is 12.1. The number of rotatable bonds is 9. The molecule has 1 rings (SSSR count). The Labute approximate surface area is 126 Å². The minimum atomic E-state index is 0.125. The molecular formula is C16H24N2OS. The van der Waals surface area contributed by atoms with Crippen LogP contribution in [0, 0.1) is 0 Å². The highest BCUT2D eigenvalue weighted by atomic mass is 32.1. The third kappa shape index (κ3) is 6.66. The molecule has 110 valence electrons. The normalized spacial score (nSPS) is 10.2. The number of nitrogens with two attached hydrogens (primary N) is 1. The van der Waals surface area contributed by atoms with E-state index in [1.807, 2.05) is 24.3 Å². The molecule has 0 aliphatic heterocycles. The highest BCUT2D eigenvalue weighted by Crippen LogP contribution is 2.06. The van der Waals surface area contributed by atoms with E-state index in [9.17, 15) is 4.79 Å². The van der Waals surface area contributed by atoms with Gasteiger partial charge >= 0.3 is 0 Å². The van der Waals surface area contributed by atoms with Gasteiger partial charge in [0.15, 0.2) is 0 Å². The second-order valence-corrected chi connectivity index (χ2v) is 5.44. The Hall–Kier alpha value is -1.42. The van der Waals surface area contributed by atoms with Crippen molar-refractivity contribution in [3.05, 3.63) is 35.4 Å². The quantitative estimate of drug-likeness (QED) is 0.542. The molecule has 0 radical (unpaired) electrons. The molecule has 0 atom stereocenters. The van der Waals surface area contributed by atoms with Crippen molar-refractivity contribution < 1.29 is 4.79 Å². The van der Waals surface area contributed by atoms with Crippen LogP contribution in [0.15, 0.2) is 24.3 Å². The molecule has 1 aromatic carbocycles. The Bertz CT molecular complexity index is 429. The van der Waals surface area contributed by atoms with Gasteiger partial charge in [0.2, 0.25) is 5.91 Å². The lowest BCUT2D eigenvalue weighted by Crippen LogP contribution is -2.22. The third-order valence-corrected chi connectivity index (χ3v) is 3.47. The first-order valence-corrected chi connectivity index (χ1v) is 7.69. The first kappa shape index (κ1) is 16.6. The van der Waals surface area contributed by atoms with Crippen LogP contribution in [-0.4, -0.2) is 10.9 Å². The van der Waals surface area contributed by atoms with Crippen molar-refractivity contribution in [1.82, 2.24) is 5.32 Å². The van der Waals surface area contributed by atoms with Gasteiger partial charge in [0, 0.05) is 18.5 Å². The molecule has 0 unspecified atom stereocenters. The molecule has 3 nitrogen and oxygen atoms in total. The standard InChI is InChI=1S/C16H24N2OS/c1-2-3-4-5-6-7-15(19)18-12-13-8-10-14(11-9-13)16(17)20/h8-11H,2-7,12H2,1H3,(H2,17,20)(H,18,19). The zero-order valence-electron chi connectivity index (χ0n) is 12.2. The molecule has 0 saturated carbocycles. The van der Waals surface area contributed by atoms with Gasteiger partial charge < -0.3 is 11.1 Å². The molecule has 0 spiro atoms. The van der Waals surface area contributed by atoms with Crippen LogP contribution in [0.2, 0.25) is 0 Å². The average Bonchev–Trinajstić information content (AvgIpc) is 2.45. The molecule has 0 aromatic heterocycles. The van der Waals surface area contributed by atoms with Crippen LogP contribution in [0.3, 0.4) is 0 Å². The van der Waals surface area contributed by atoms with Crippen molar-refractivity contribution in [1.29, 1.82) is 0 Å². The number of amides is 1. The lowest BCUT2D eigenvalue weighted by atomic mass is 10.1. The number of nitrogens with one attached hydrogen (secondary N) is 1. The van der Waals surface area contributed by atoms with Crippen molar-refractivity contribution >= 4 is 23.1 Å². The number of hydrogen-bond acceptors (Lipinski definition) is 2. The molecule has 0 heterocycles. The predicted octanol–water partition coefficient (Wildman–Crippen LogP) is 3.30. The molecule has 20 heavy (non-hydrogen) atoms. The maximum atomic E-state index is 11.7. The molecule has 4 heteroatoms. The fraction of sp³-hybridized carbons (Fsp3) is 0.500. The van der Waals surface area contributed by atoms with Gasteiger partial charge in [0.05, 0.1) is 0 Å². The molecule has 0 aliphatic carbocycles. The number of benzene rings is 1. The molecule has 0 bridgehead atoms. The van der Waals surface area contributed by atoms with Crippen LogP contribution in [0.5, 0.6) is 0 Å². The summed E-state index contributed by atoms with van der Waals surface area (Å²) in [5.74, 6) is 0.125. The van der Waals surface area contributed by atoms with E-state index in [1.165, 1.54) is 19.3 Å². The fourth-order valence-electron chi connectivity index (χ4n) is 1.97. The SMILES string of the molecule is CCCCCCCC(=O)NCc1ccc(C(N)=S)cc1. The second-order valence-electron chi connectivity index (χ2n) is 5.00. The summed E-state index contributed by atoms with van der Waals surface area (Å²) in [6.07, 6.45) is 6.46. The van der Waals surface area contributed by atoms with E-state index in [-0.39, 0.29) is 5.91 Å². The number of carbonyl (C=O) groups is 1. The smallest absolute Gasteiger partial charge is 0.220 e. The Morgan fingerprint density at radius 3 is 2.40 bits per heavy atom. The Morgan fingerprint density at radius 2 is 1.80 bits per heavy atom.